The Morgan fingerprint density at radius 1 is 1.18 bits per heavy atom. The monoisotopic (exact) mass is 560 g/mol. The van der Waals surface area contributed by atoms with Gasteiger partial charge in [-0.1, -0.05) is 36.4 Å². The van der Waals surface area contributed by atoms with E-state index in [4.69, 9.17) is 18.5 Å². The van der Waals surface area contributed by atoms with Gasteiger partial charge in [-0.05, 0) is 25.3 Å². The van der Waals surface area contributed by atoms with Gasteiger partial charge in [0.25, 0.3) is 5.56 Å². The van der Waals surface area contributed by atoms with Crippen molar-refractivity contribution < 1.29 is 33.0 Å². The van der Waals surface area contributed by atoms with Gasteiger partial charge in [-0.25, -0.2) is 9.36 Å². The Morgan fingerprint density at radius 2 is 1.90 bits per heavy atom. The second kappa shape index (κ2) is 13.3. The number of H-pyrrole nitrogens is 1. The number of ether oxygens (including phenoxy) is 2. The molecule has 5 atom stereocenters. The van der Waals surface area contributed by atoms with Crippen LogP contribution in [0.5, 0.6) is 5.75 Å². The third-order valence-corrected chi connectivity index (χ3v) is 7.21. The first kappa shape index (κ1) is 29.8. The number of carbonyl (C=O) groups is 1. The molecular weight excluding hydrogens is 531 g/mol. The van der Waals surface area contributed by atoms with Crippen molar-refractivity contribution >= 4 is 24.5 Å². The predicted octanol–water partition coefficient (Wildman–Crippen LogP) is 2.22. The summed E-state index contributed by atoms with van der Waals surface area (Å²) in [7, 11) is -3.16. The molecule has 3 aromatic rings. The van der Waals surface area contributed by atoms with Gasteiger partial charge >= 0.3 is 19.4 Å². The molecule has 0 amide bonds. The minimum atomic E-state index is -4.33. The van der Waals surface area contributed by atoms with Crippen molar-refractivity contribution in [2.24, 2.45) is 0 Å². The van der Waals surface area contributed by atoms with E-state index in [0.29, 0.717) is 5.39 Å². The molecular formula is C25H29N4O9P. The molecule has 1 aromatic heterocycles. The van der Waals surface area contributed by atoms with Gasteiger partial charge in [0.2, 0.25) is 0 Å². The number of nitrogens with zero attached hydrogens (tertiary/aromatic N) is 2. The number of hydrogen-bond donors (Lipinski definition) is 3. The number of rotatable bonds is 13. The number of nitrogens with one attached hydrogen (secondary N) is 2. The molecule has 0 fully saturated rings. The van der Waals surface area contributed by atoms with Crippen molar-refractivity contribution in [1.29, 1.82) is 5.26 Å². The summed E-state index contributed by atoms with van der Waals surface area (Å²) < 4.78 is 36.8. The Hall–Kier alpha value is -3.79. The fraction of sp³-hybridized carbons (Fsp3) is 0.360. The highest BCUT2D eigenvalue weighted by molar-refractivity contribution is 7.52. The first-order valence-electron chi connectivity index (χ1n) is 11.9. The molecule has 0 aliphatic heterocycles. The highest BCUT2D eigenvalue weighted by atomic mass is 31.2. The van der Waals surface area contributed by atoms with E-state index in [1.165, 1.54) is 21.0 Å². The second-order valence-corrected chi connectivity index (χ2v) is 10.2. The predicted molar refractivity (Wildman–Crippen MR) is 140 cm³/mol. The van der Waals surface area contributed by atoms with Gasteiger partial charge in [-0.3, -0.25) is 23.7 Å². The molecule has 3 rings (SSSR count). The lowest BCUT2D eigenvalue weighted by Gasteiger charge is -2.29. The number of hydrogen-bond acceptors (Lipinski definition) is 10. The van der Waals surface area contributed by atoms with Crippen molar-refractivity contribution in [2.75, 3.05) is 13.7 Å². The van der Waals surface area contributed by atoms with Crippen LogP contribution in [0, 0.1) is 11.3 Å². The van der Waals surface area contributed by atoms with Gasteiger partial charge in [-0.15, -0.1) is 0 Å². The van der Waals surface area contributed by atoms with Crippen LogP contribution in [-0.2, 0) is 23.4 Å². The van der Waals surface area contributed by atoms with Crippen LogP contribution in [0.1, 0.15) is 26.5 Å². The minimum Gasteiger partial charge on any atom is -0.468 e. The maximum atomic E-state index is 13.9. The molecule has 3 N–H and O–H groups in total. The van der Waals surface area contributed by atoms with Crippen LogP contribution in [0.25, 0.3) is 10.8 Å². The lowest BCUT2D eigenvalue weighted by Crippen LogP contribution is -2.39. The van der Waals surface area contributed by atoms with Crippen LogP contribution >= 0.6 is 7.75 Å². The highest BCUT2D eigenvalue weighted by Crippen LogP contribution is 2.47. The SMILES string of the molecule is COC(=O)[C@H](C)NP(=O)(OC[C@@H](O[C@H](CC#N)n1ccc(=O)[nH]c1=O)[C@H](C)O)Oc1cccc2ccccc12. The molecule has 1 heterocycles. The van der Waals surface area contributed by atoms with Crippen LogP contribution in [0.4, 0.5) is 0 Å². The number of carbonyl (C=O) groups excluding carboxylic acids is 1. The van der Waals surface area contributed by atoms with E-state index in [9.17, 15) is 29.3 Å². The molecule has 0 saturated heterocycles. The first-order valence-corrected chi connectivity index (χ1v) is 13.4. The molecule has 1 unspecified atom stereocenters. The molecule has 0 bridgehead atoms. The summed E-state index contributed by atoms with van der Waals surface area (Å²) in [6, 6.07) is 14.2. The average Bonchev–Trinajstić information content (AvgIpc) is 2.90. The molecule has 13 nitrogen and oxygen atoms in total. The van der Waals surface area contributed by atoms with Crippen molar-refractivity contribution in [3.63, 3.8) is 0 Å². The highest BCUT2D eigenvalue weighted by Gasteiger charge is 2.35. The Morgan fingerprint density at radius 3 is 2.56 bits per heavy atom. The van der Waals surface area contributed by atoms with Crippen molar-refractivity contribution in [3.8, 4) is 11.8 Å². The zero-order chi connectivity index (χ0) is 28.6. The Kier molecular flexibility index (Phi) is 10.2. The molecule has 0 saturated carbocycles. The van der Waals surface area contributed by atoms with E-state index in [1.807, 2.05) is 24.3 Å². The number of aliphatic hydroxyl groups is 1. The number of benzene rings is 2. The molecule has 0 aliphatic rings. The number of methoxy groups -OCH3 is 1. The van der Waals surface area contributed by atoms with Crippen LogP contribution < -0.4 is 20.9 Å². The summed E-state index contributed by atoms with van der Waals surface area (Å²) in [5, 5.41) is 23.6. The van der Waals surface area contributed by atoms with Gasteiger partial charge < -0.3 is 19.1 Å². The number of nitriles is 1. The summed E-state index contributed by atoms with van der Waals surface area (Å²) in [4.78, 5) is 37.8. The van der Waals surface area contributed by atoms with Crippen molar-refractivity contribution in [2.45, 2.75) is 44.7 Å². The number of aromatic nitrogens is 2. The fourth-order valence-electron chi connectivity index (χ4n) is 3.57. The van der Waals surface area contributed by atoms with Crippen LogP contribution in [0.2, 0.25) is 0 Å². The van der Waals surface area contributed by atoms with Crippen LogP contribution in [0.15, 0.2) is 64.3 Å². The third kappa shape index (κ3) is 7.86. The molecule has 0 spiro atoms. The molecule has 0 aliphatic carbocycles. The molecule has 2 aromatic carbocycles. The molecule has 0 radical (unpaired) electrons. The number of fused-ring (bicyclic) bond motifs is 1. The smallest absolute Gasteiger partial charge is 0.459 e. The standard InChI is InChI=1S/C25H29N4O9P/c1-16(24(32)35-3)28-39(34,38-20-10-6-8-18-7-4-5-9-19(18)20)36-15-21(17(2)30)37-23(11-13-26)29-14-12-22(31)27-25(29)33/h4-10,12,14,16-17,21,23,30H,11,15H2,1-3H3,(H,28,34)(H,27,31,33)/t16-,17-,21+,23+,39?/m0/s1. The quantitative estimate of drug-likeness (QED) is 0.206. The summed E-state index contributed by atoms with van der Waals surface area (Å²) in [5.41, 5.74) is -1.47. The average molecular weight is 561 g/mol. The van der Waals surface area contributed by atoms with E-state index in [0.717, 1.165) is 22.2 Å². The summed E-state index contributed by atoms with van der Waals surface area (Å²) in [6.45, 7) is 2.23. The van der Waals surface area contributed by atoms with Crippen LogP contribution in [0.3, 0.4) is 0 Å². The summed E-state index contributed by atoms with van der Waals surface area (Å²) >= 11 is 0. The summed E-state index contributed by atoms with van der Waals surface area (Å²) in [5.74, 6) is -0.520. The first-order chi connectivity index (χ1) is 18.6. The van der Waals surface area contributed by atoms with Crippen LogP contribution in [-0.4, -0.2) is 52.6 Å². The number of esters is 1. The van der Waals surface area contributed by atoms with Crippen molar-refractivity contribution in [3.05, 3.63) is 75.6 Å². The van der Waals surface area contributed by atoms with Gasteiger partial charge in [0.15, 0.2) is 6.23 Å². The molecule has 208 valence electrons. The molecule has 14 heteroatoms. The van der Waals surface area contributed by atoms with E-state index in [2.05, 4.69) is 10.1 Å². The third-order valence-electron chi connectivity index (χ3n) is 5.58. The van der Waals surface area contributed by atoms with E-state index in [-0.39, 0.29) is 12.2 Å². The van der Waals surface area contributed by atoms with E-state index in [1.54, 1.807) is 24.3 Å². The maximum Gasteiger partial charge on any atom is 0.459 e. The second-order valence-electron chi connectivity index (χ2n) is 8.49. The van der Waals surface area contributed by atoms with E-state index < -0.39 is 56.0 Å². The largest absolute Gasteiger partial charge is 0.468 e. The zero-order valence-corrected chi connectivity index (χ0v) is 22.4. The molecule has 39 heavy (non-hydrogen) atoms. The van der Waals surface area contributed by atoms with Gasteiger partial charge in [0.05, 0.1) is 32.3 Å². The normalized spacial score (nSPS) is 15.9. The zero-order valence-electron chi connectivity index (χ0n) is 21.5. The Bertz CT molecular complexity index is 1490. The fourth-order valence-corrected chi connectivity index (χ4v) is 5.09. The van der Waals surface area contributed by atoms with Gasteiger partial charge in [-0.2, -0.15) is 10.3 Å². The lowest BCUT2D eigenvalue weighted by atomic mass is 10.1. The van der Waals surface area contributed by atoms with Gasteiger partial charge in [0, 0.05) is 17.6 Å². The summed E-state index contributed by atoms with van der Waals surface area (Å²) in [6.07, 6.45) is -2.84. The Balaban J connectivity index is 1.89. The number of aromatic amines is 1. The Labute approximate surface area is 223 Å². The van der Waals surface area contributed by atoms with Gasteiger partial charge in [0.1, 0.15) is 17.9 Å². The number of aliphatic hydroxyl groups excluding tert-OH is 1. The minimum absolute atomic E-state index is 0.206. The van der Waals surface area contributed by atoms with Crippen molar-refractivity contribution in [1.82, 2.24) is 14.6 Å². The lowest BCUT2D eigenvalue weighted by molar-refractivity contribution is -0.142. The maximum absolute atomic E-state index is 13.9. The van der Waals surface area contributed by atoms with E-state index >= 15 is 0 Å². The topological polar surface area (TPSA) is 182 Å².